The fourth-order valence-electron chi connectivity index (χ4n) is 3.25. The van der Waals surface area contributed by atoms with Crippen molar-refractivity contribution < 1.29 is 14.3 Å². The van der Waals surface area contributed by atoms with Gasteiger partial charge in [-0.1, -0.05) is 18.2 Å². The maximum absolute atomic E-state index is 12.6. The minimum Gasteiger partial charge on any atom is -0.496 e. The van der Waals surface area contributed by atoms with Crippen LogP contribution < -0.4 is 4.74 Å². The van der Waals surface area contributed by atoms with Gasteiger partial charge in [0, 0.05) is 45.0 Å². The maximum Gasteiger partial charge on any atom is 0.274 e. The lowest BCUT2D eigenvalue weighted by Crippen LogP contribution is -2.37. The summed E-state index contributed by atoms with van der Waals surface area (Å²) in [5.74, 6) is 0.781. The van der Waals surface area contributed by atoms with E-state index in [0.717, 1.165) is 17.7 Å². The number of aromatic nitrogens is 2. The Morgan fingerprint density at radius 1 is 1.07 bits per heavy atom. The van der Waals surface area contributed by atoms with Crippen LogP contribution in [0.4, 0.5) is 0 Å². The molecular formula is C20H24N4O3. The largest absolute Gasteiger partial charge is 0.496 e. The Hall–Kier alpha value is -2.96. The van der Waals surface area contributed by atoms with Crippen molar-refractivity contribution in [3.05, 3.63) is 54.1 Å². The third-order valence-electron chi connectivity index (χ3n) is 4.72. The van der Waals surface area contributed by atoms with Crippen LogP contribution in [0.3, 0.4) is 0 Å². The van der Waals surface area contributed by atoms with Crippen molar-refractivity contribution in [3.63, 3.8) is 0 Å². The number of nitrogens with zero attached hydrogens (tertiary/aromatic N) is 4. The number of aryl methyl sites for hydroxylation is 1. The van der Waals surface area contributed by atoms with E-state index in [9.17, 15) is 9.59 Å². The number of benzene rings is 1. The molecule has 3 rings (SSSR count). The molecule has 1 aliphatic rings. The number of hydrogen-bond donors (Lipinski definition) is 0. The Morgan fingerprint density at radius 3 is 2.63 bits per heavy atom. The normalized spacial score (nSPS) is 14.6. The quantitative estimate of drug-likeness (QED) is 0.804. The minimum atomic E-state index is -0.133. The summed E-state index contributed by atoms with van der Waals surface area (Å²) in [6.45, 7) is 2.33. The van der Waals surface area contributed by atoms with E-state index in [1.807, 2.05) is 29.2 Å². The topological polar surface area (TPSA) is 75.6 Å². The Kier molecular flexibility index (Phi) is 6.35. The number of hydrogen-bond acceptors (Lipinski definition) is 5. The Bertz CT molecular complexity index is 782. The van der Waals surface area contributed by atoms with E-state index >= 15 is 0 Å². The molecule has 2 amide bonds. The molecule has 0 aliphatic carbocycles. The smallest absolute Gasteiger partial charge is 0.274 e. The zero-order valence-corrected chi connectivity index (χ0v) is 15.5. The zero-order chi connectivity index (χ0) is 19.1. The molecule has 0 radical (unpaired) electrons. The van der Waals surface area contributed by atoms with Gasteiger partial charge in [-0.15, -0.1) is 0 Å². The standard InChI is InChI=1S/C20H24N4O3/c1-27-18-6-3-2-5-16(18)7-8-19(25)23-11-4-12-24(14-13-23)20(26)17-15-21-9-10-22-17/h2-3,5-6,9-10,15H,4,7-8,11-14H2,1H3. The number of ether oxygens (including phenoxy) is 1. The molecular weight excluding hydrogens is 344 g/mol. The third-order valence-corrected chi connectivity index (χ3v) is 4.72. The summed E-state index contributed by atoms with van der Waals surface area (Å²) < 4.78 is 5.35. The molecule has 0 atom stereocenters. The molecule has 1 aromatic carbocycles. The first-order valence-electron chi connectivity index (χ1n) is 9.14. The summed E-state index contributed by atoms with van der Waals surface area (Å²) >= 11 is 0. The summed E-state index contributed by atoms with van der Waals surface area (Å²) in [6, 6.07) is 7.75. The molecule has 1 saturated heterocycles. The highest BCUT2D eigenvalue weighted by atomic mass is 16.5. The van der Waals surface area contributed by atoms with Crippen LogP contribution in [-0.2, 0) is 11.2 Å². The molecule has 2 aromatic rings. The summed E-state index contributed by atoms with van der Waals surface area (Å²) in [5, 5.41) is 0. The molecule has 0 bridgehead atoms. The van der Waals surface area contributed by atoms with Gasteiger partial charge in [0.15, 0.2) is 0 Å². The van der Waals surface area contributed by atoms with E-state index in [2.05, 4.69) is 9.97 Å². The van der Waals surface area contributed by atoms with Gasteiger partial charge in [-0.25, -0.2) is 4.98 Å². The maximum atomic E-state index is 12.6. The molecule has 1 fully saturated rings. The van der Waals surface area contributed by atoms with Crippen LogP contribution in [0.2, 0.25) is 0 Å². The average molecular weight is 368 g/mol. The summed E-state index contributed by atoms with van der Waals surface area (Å²) in [4.78, 5) is 36.8. The SMILES string of the molecule is COc1ccccc1CCC(=O)N1CCCN(C(=O)c2cnccn2)CC1. The van der Waals surface area contributed by atoms with Crippen LogP contribution in [0.5, 0.6) is 5.75 Å². The van der Waals surface area contributed by atoms with Crippen LogP contribution in [0.1, 0.15) is 28.9 Å². The van der Waals surface area contributed by atoms with E-state index in [-0.39, 0.29) is 11.8 Å². The second-order valence-corrected chi connectivity index (χ2v) is 6.43. The van der Waals surface area contributed by atoms with E-state index in [0.29, 0.717) is 44.7 Å². The van der Waals surface area contributed by atoms with Gasteiger partial charge in [0.2, 0.25) is 5.91 Å². The molecule has 2 heterocycles. The first kappa shape index (κ1) is 18.8. The van der Waals surface area contributed by atoms with Crippen molar-refractivity contribution in [2.75, 3.05) is 33.3 Å². The Morgan fingerprint density at radius 2 is 1.85 bits per heavy atom. The second-order valence-electron chi connectivity index (χ2n) is 6.43. The van der Waals surface area contributed by atoms with Gasteiger partial charge < -0.3 is 14.5 Å². The monoisotopic (exact) mass is 368 g/mol. The fraction of sp³-hybridized carbons (Fsp3) is 0.400. The van der Waals surface area contributed by atoms with Crippen molar-refractivity contribution >= 4 is 11.8 Å². The van der Waals surface area contributed by atoms with Gasteiger partial charge in [0.05, 0.1) is 13.3 Å². The number of carbonyl (C=O) groups excluding carboxylic acids is 2. The molecule has 0 saturated carbocycles. The first-order valence-corrected chi connectivity index (χ1v) is 9.14. The van der Waals surface area contributed by atoms with Gasteiger partial charge in [0.25, 0.3) is 5.91 Å². The molecule has 1 aliphatic heterocycles. The van der Waals surface area contributed by atoms with Gasteiger partial charge in [0.1, 0.15) is 11.4 Å². The third kappa shape index (κ3) is 4.81. The van der Waals surface area contributed by atoms with Gasteiger partial charge in [-0.05, 0) is 24.5 Å². The lowest BCUT2D eigenvalue weighted by molar-refractivity contribution is -0.131. The predicted molar refractivity (Wildman–Crippen MR) is 100 cm³/mol. The second kappa shape index (κ2) is 9.12. The van der Waals surface area contributed by atoms with Gasteiger partial charge in [-0.3, -0.25) is 14.6 Å². The number of rotatable bonds is 5. The molecule has 7 nitrogen and oxygen atoms in total. The zero-order valence-electron chi connectivity index (χ0n) is 15.5. The molecule has 0 spiro atoms. The fourth-order valence-corrected chi connectivity index (χ4v) is 3.25. The van der Waals surface area contributed by atoms with E-state index in [1.165, 1.54) is 12.4 Å². The van der Waals surface area contributed by atoms with Crippen molar-refractivity contribution in [2.45, 2.75) is 19.3 Å². The van der Waals surface area contributed by atoms with Crippen LogP contribution in [0, 0.1) is 0 Å². The van der Waals surface area contributed by atoms with E-state index in [1.54, 1.807) is 18.2 Å². The van der Waals surface area contributed by atoms with Crippen LogP contribution >= 0.6 is 0 Å². The van der Waals surface area contributed by atoms with Crippen molar-refractivity contribution in [2.24, 2.45) is 0 Å². The molecule has 0 unspecified atom stereocenters. The summed E-state index contributed by atoms with van der Waals surface area (Å²) in [6.07, 6.45) is 6.36. The number of methoxy groups -OCH3 is 1. The van der Waals surface area contributed by atoms with Crippen LogP contribution in [-0.4, -0.2) is 64.9 Å². The summed E-state index contributed by atoms with van der Waals surface area (Å²) in [7, 11) is 1.64. The number of carbonyl (C=O) groups is 2. The number of para-hydroxylation sites is 1. The Labute approximate surface area is 159 Å². The van der Waals surface area contributed by atoms with Crippen LogP contribution in [0.15, 0.2) is 42.9 Å². The molecule has 1 aromatic heterocycles. The average Bonchev–Trinajstić information content (AvgIpc) is 2.98. The lowest BCUT2D eigenvalue weighted by Gasteiger charge is -2.22. The molecule has 142 valence electrons. The van der Waals surface area contributed by atoms with Gasteiger partial charge >= 0.3 is 0 Å². The minimum absolute atomic E-state index is 0.106. The van der Waals surface area contributed by atoms with Crippen molar-refractivity contribution in [1.29, 1.82) is 0 Å². The van der Waals surface area contributed by atoms with E-state index in [4.69, 9.17) is 4.74 Å². The highest BCUT2D eigenvalue weighted by Crippen LogP contribution is 2.19. The van der Waals surface area contributed by atoms with Crippen LogP contribution in [0.25, 0.3) is 0 Å². The highest BCUT2D eigenvalue weighted by molar-refractivity contribution is 5.92. The van der Waals surface area contributed by atoms with Crippen molar-refractivity contribution in [1.82, 2.24) is 19.8 Å². The first-order chi connectivity index (χ1) is 13.2. The predicted octanol–water partition coefficient (Wildman–Crippen LogP) is 1.79. The number of amides is 2. The molecule has 27 heavy (non-hydrogen) atoms. The van der Waals surface area contributed by atoms with Gasteiger partial charge in [-0.2, -0.15) is 0 Å². The molecule has 7 heteroatoms. The lowest BCUT2D eigenvalue weighted by atomic mass is 10.1. The Balaban J connectivity index is 1.54. The molecule has 0 N–H and O–H groups in total. The van der Waals surface area contributed by atoms with E-state index < -0.39 is 0 Å². The summed E-state index contributed by atoms with van der Waals surface area (Å²) in [5.41, 5.74) is 1.37. The van der Waals surface area contributed by atoms with Crippen molar-refractivity contribution in [3.8, 4) is 5.75 Å². The highest BCUT2D eigenvalue weighted by Gasteiger charge is 2.23.